The normalized spacial score (nSPS) is 8.55. The summed E-state index contributed by atoms with van der Waals surface area (Å²) in [5.41, 5.74) is 0. The molecule has 0 spiro atoms. The van der Waals surface area contributed by atoms with Crippen molar-refractivity contribution in [1.82, 2.24) is 12.3 Å². The smallest absolute Gasteiger partial charge is 0.344 e. The lowest BCUT2D eigenvalue weighted by atomic mass is 11.9. The van der Waals surface area contributed by atoms with Gasteiger partial charge in [0, 0.05) is 0 Å². The van der Waals surface area contributed by atoms with E-state index in [0.717, 1.165) is 0 Å². The van der Waals surface area contributed by atoms with E-state index < -0.39 is 14.7 Å². The molecule has 0 aliphatic rings. The van der Waals surface area contributed by atoms with E-state index in [2.05, 4.69) is 0 Å². The highest BCUT2D eigenvalue weighted by atomic mass is 35.6. The minimum atomic E-state index is -4.67. The molecule has 0 saturated carbocycles. The Kier molecular flexibility index (Phi) is 21.9. The lowest BCUT2D eigenvalue weighted by molar-refractivity contribution is 0.381. The van der Waals surface area contributed by atoms with Crippen LogP contribution in [0.15, 0.2) is 0 Å². The Labute approximate surface area is 79.6 Å². The van der Waals surface area contributed by atoms with E-state index in [9.17, 15) is 0 Å². The number of halogens is 3. The van der Waals surface area contributed by atoms with Crippen molar-refractivity contribution >= 4 is 45.2 Å². The molecule has 0 aromatic carbocycles. The molecule has 0 bridgehead atoms. The predicted molar refractivity (Wildman–Crippen MR) is 45.6 cm³/mol. The first-order valence-electron chi connectivity index (χ1n) is 1.35. The summed E-state index contributed by atoms with van der Waals surface area (Å²) >= 11 is 14.4. The lowest BCUT2D eigenvalue weighted by Crippen LogP contribution is -1.89. The van der Waals surface area contributed by atoms with Crippen molar-refractivity contribution in [3.05, 3.63) is 0 Å². The maximum Gasteiger partial charge on any atom is 0.394 e. The second kappa shape index (κ2) is 10.7. The second-order valence-corrected chi connectivity index (χ2v) is 3.57. The van der Waals surface area contributed by atoms with E-state index in [1.54, 1.807) is 0 Å². The quantitative estimate of drug-likeness (QED) is 0.380. The number of hydrogen-bond donors (Lipinski definition) is 4. The van der Waals surface area contributed by atoms with Crippen molar-refractivity contribution in [3.63, 3.8) is 0 Å². The van der Waals surface area contributed by atoms with Gasteiger partial charge in [-0.05, 0) is 0 Å². The Bertz CT molecular complexity index is 135. The average Bonchev–Trinajstić information content (AvgIpc) is 1.19. The van der Waals surface area contributed by atoms with Crippen LogP contribution in [0.3, 0.4) is 0 Å². The summed E-state index contributed by atoms with van der Waals surface area (Å²) in [7, 11) is -4.67. The Balaban J connectivity index is -0.0000000383. The van der Waals surface area contributed by atoms with Crippen molar-refractivity contribution in [2.24, 2.45) is 0 Å². The summed E-state index contributed by atoms with van der Waals surface area (Å²) in [5.74, 6) is 0. The molecule has 0 aromatic rings. The first-order valence-corrected chi connectivity index (χ1v) is 4.06. The summed E-state index contributed by atoms with van der Waals surface area (Å²) in [6.07, 6.45) is 0. The molecular formula is CH9Cl3N2O4S. The monoisotopic (exact) mass is 250 g/mol. The van der Waals surface area contributed by atoms with Crippen LogP contribution in [0.25, 0.3) is 0 Å². The van der Waals surface area contributed by atoms with Crippen molar-refractivity contribution < 1.29 is 17.5 Å². The van der Waals surface area contributed by atoms with Crippen molar-refractivity contribution in [3.8, 4) is 0 Å². The zero-order chi connectivity index (χ0) is 8.08. The van der Waals surface area contributed by atoms with Gasteiger partial charge >= 0.3 is 10.4 Å². The Morgan fingerprint density at radius 3 is 1.00 bits per heavy atom. The molecule has 0 atom stereocenters. The molecule has 0 unspecified atom stereocenters. The van der Waals surface area contributed by atoms with Crippen molar-refractivity contribution in [1.29, 1.82) is 0 Å². The first-order chi connectivity index (χ1) is 3.73. The van der Waals surface area contributed by atoms with Gasteiger partial charge in [0.1, 0.15) is 0 Å². The van der Waals surface area contributed by atoms with E-state index in [4.69, 9.17) is 52.3 Å². The topological polar surface area (TPSA) is 145 Å². The third-order valence-electron chi connectivity index (χ3n) is 0. The summed E-state index contributed by atoms with van der Waals surface area (Å²) in [5, 5.41) is 0. The molecule has 0 saturated heterocycles. The Morgan fingerprint density at radius 1 is 1.00 bits per heavy atom. The van der Waals surface area contributed by atoms with Gasteiger partial charge in [0.2, 0.25) is 0 Å². The molecule has 8 N–H and O–H groups in total. The van der Waals surface area contributed by atoms with Crippen LogP contribution in [0, 0.1) is 0 Å². The SMILES string of the molecule is ClC(Cl)Cl.N.N.O=S(=O)(O)O. The maximum atomic E-state index is 8.74. The summed E-state index contributed by atoms with van der Waals surface area (Å²) in [6, 6.07) is 0. The molecule has 10 heteroatoms. The highest BCUT2D eigenvalue weighted by molar-refractivity contribution is 7.79. The third-order valence-corrected chi connectivity index (χ3v) is 0. The largest absolute Gasteiger partial charge is 0.394 e. The fourth-order valence-corrected chi connectivity index (χ4v) is 0. The van der Waals surface area contributed by atoms with Crippen LogP contribution in [0.5, 0.6) is 0 Å². The van der Waals surface area contributed by atoms with Gasteiger partial charge in [-0.3, -0.25) is 9.11 Å². The molecule has 0 aliphatic carbocycles. The van der Waals surface area contributed by atoms with Crippen LogP contribution in [-0.2, 0) is 10.4 Å². The molecule has 0 fully saturated rings. The van der Waals surface area contributed by atoms with Gasteiger partial charge in [-0.2, -0.15) is 8.42 Å². The van der Waals surface area contributed by atoms with Crippen LogP contribution in [-0.4, -0.2) is 21.8 Å². The maximum absolute atomic E-state index is 8.74. The first kappa shape index (κ1) is 22.6. The Morgan fingerprint density at radius 2 is 1.00 bits per heavy atom. The van der Waals surface area contributed by atoms with Gasteiger partial charge < -0.3 is 12.3 Å². The molecule has 0 amide bonds. The number of hydrogen-bond acceptors (Lipinski definition) is 4. The van der Waals surface area contributed by atoms with Gasteiger partial charge in [-0.25, -0.2) is 0 Å². The fraction of sp³-hybridized carbons (Fsp3) is 1.00. The fourth-order valence-electron chi connectivity index (χ4n) is 0. The minimum Gasteiger partial charge on any atom is -0.344 e. The highest BCUT2D eigenvalue weighted by Crippen LogP contribution is 2.03. The van der Waals surface area contributed by atoms with E-state index >= 15 is 0 Å². The van der Waals surface area contributed by atoms with E-state index in [1.807, 2.05) is 0 Å². The minimum absolute atomic E-state index is 0. The van der Waals surface area contributed by atoms with E-state index in [0.29, 0.717) is 0 Å². The van der Waals surface area contributed by atoms with Crippen LogP contribution in [0.4, 0.5) is 0 Å². The summed E-state index contributed by atoms with van der Waals surface area (Å²) in [6.45, 7) is 0. The van der Waals surface area contributed by atoms with Crippen LogP contribution < -0.4 is 12.3 Å². The van der Waals surface area contributed by atoms with E-state index in [1.165, 1.54) is 0 Å². The number of rotatable bonds is 0. The molecular weight excluding hydrogens is 242 g/mol. The summed E-state index contributed by atoms with van der Waals surface area (Å²) < 4.78 is 30.8. The number of alkyl halides is 3. The van der Waals surface area contributed by atoms with Gasteiger partial charge in [0.15, 0.2) is 4.30 Å². The third kappa shape index (κ3) is 1840. The molecule has 0 heterocycles. The molecule has 0 aliphatic heterocycles. The summed E-state index contributed by atoms with van der Waals surface area (Å²) in [4.78, 5) is 0. The molecule has 0 rings (SSSR count). The second-order valence-electron chi connectivity index (χ2n) is 0.695. The highest BCUT2D eigenvalue weighted by Gasteiger charge is 1.84. The van der Waals surface area contributed by atoms with E-state index in [-0.39, 0.29) is 12.3 Å². The molecule has 11 heavy (non-hydrogen) atoms. The molecule has 6 nitrogen and oxygen atoms in total. The zero-order valence-electron chi connectivity index (χ0n) is 5.24. The van der Waals surface area contributed by atoms with Crippen LogP contribution in [0.2, 0.25) is 0 Å². The van der Waals surface area contributed by atoms with Crippen molar-refractivity contribution in [2.45, 2.75) is 4.30 Å². The molecule has 0 aromatic heterocycles. The zero-order valence-corrected chi connectivity index (χ0v) is 8.33. The van der Waals surface area contributed by atoms with Gasteiger partial charge in [0.05, 0.1) is 0 Å². The molecule has 0 radical (unpaired) electrons. The van der Waals surface area contributed by atoms with Gasteiger partial charge in [-0.1, -0.05) is 34.8 Å². The average molecular weight is 252 g/mol. The standard InChI is InChI=1S/CHCl3.2H3N.H2O4S/c2-1(3)4;;;1-5(2,3)4/h1H;2*1H3;(H2,1,2,3,4). The Hall–Kier alpha value is 0.660. The predicted octanol–water partition coefficient (Wildman–Crippen LogP) is 1.66. The van der Waals surface area contributed by atoms with Gasteiger partial charge in [0.25, 0.3) is 0 Å². The molecule has 74 valence electrons. The lowest BCUT2D eigenvalue weighted by Gasteiger charge is -1.69. The van der Waals surface area contributed by atoms with Crippen LogP contribution >= 0.6 is 34.8 Å². The van der Waals surface area contributed by atoms with Crippen LogP contribution in [0.1, 0.15) is 0 Å². The van der Waals surface area contributed by atoms with Crippen molar-refractivity contribution in [2.75, 3.05) is 0 Å². The van der Waals surface area contributed by atoms with Gasteiger partial charge in [-0.15, -0.1) is 0 Å².